The average Bonchev–Trinajstić information content (AvgIpc) is 2.39. The number of benzene rings is 2. The second kappa shape index (κ2) is 5.57. The van der Waals surface area contributed by atoms with Gasteiger partial charge in [-0.15, -0.1) is 0 Å². The largest absolute Gasteiger partial charge is 0.393 e. The van der Waals surface area contributed by atoms with Crippen molar-refractivity contribution >= 4 is 28.8 Å². The molecule has 0 saturated heterocycles. The zero-order chi connectivity index (χ0) is 14.7. The van der Waals surface area contributed by atoms with E-state index in [1.165, 1.54) is 30.3 Å². The molecule has 0 amide bonds. The fraction of sp³-hybridized carbons (Fsp3) is 0. The van der Waals surface area contributed by atoms with Crippen LogP contribution in [0.15, 0.2) is 52.3 Å². The van der Waals surface area contributed by atoms with Crippen molar-refractivity contribution in [1.82, 2.24) is 0 Å². The van der Waals surface area contributed by atoms with Gasteiger partial charge >= 0.3 is 5.69 Å². The summed E-state index contributed by atoms with van der Waals surface area (Å²) in [6, 6.07) is 10.4. The number of nitro benzene ring substituents is 2. The van der Waals surface area contributed by atoms with Gasteiger partial charge in [0.25, 0.3) is 5.69 Å². The van der Waals surface area contributed by atoms with E-state index in [-0.39, 0.29) is 17.1 Å². The van der Waals surface area contributed by atoms with Crippen LogP contribution in [-0.4, -0.2) is 9.85 Å². The van der Waals surface area contributed by atoms with Crippen LogP contribution in [0.2, 0.25) is 0 Å². The van der Waals surface area contributed by atoms with Gasteiger partial charge < -0.3 is 5.73 Å². The molecular weight excluding hydrogens is 282 g/mol. The van der Waals surface area contributed by atoms with E-state index < -0.39 is 9.85 Å². The van der Waals surface area contributed by atoms with E-state index in [2.05, 4.69) is 0 Å². The van der Waals surface area contributed by atoms with Crippen LogP contribution in [0.4, 0.5) is 17.1 Å². The summed E-state index contributed by atoms with van der Waals surface area (Å²) in [5.41, 5.74) is 5.49. The Labute approximate surface area is 117 Å². The molecule has 2 N–H and O–H groups in total. The lowest BCUT2D eigenvalue weighted by atomic mass is 10.3. The van der Waals surface area contributed by atoms with Crippen LogP contribution in [0.1, 0.15) is 0 Å². The quantitative estimate of drug-likeness (QED) is 0.525. The summed E-state index contributed by atoms with van der Waals surface area (Å²) in [4.78, 5) is 21.6. The highest BCUT2D eigenvalue weighted by atomic mass is 32.2. The summed E-state index contributed by atoms with van der Waals surface area (Å²) < 4.78 is 0. The number of hydrogen-bond donors (Lipinski definition) is 1. The van der Waals surface area contributed by atoms with Crippen LogP contribution in [0.3, 0.4) is 0 Å². The second-order valence-corrected chi connectivity index (χ2v) is 4.92. The topological polar surface area (TPSA) is 112 Å². The van der Waals surface area contributed by atoms with E-state index in [4.69, 9.17) is 5.73 Å². The molecule has 7 nitrogen and oxygen atoms in total. The summed E-state index contributed by atoms with van der Waals surface area (Å²) in [7, 11) is 0. The minimum absolute atomic E-state index is 0.0311. The molecule has 2 aromatic rings. The third-order valence-corrected chi connectivity index (χ3v) is 3.55. The molecule has 0 fully saturated rings. The molecular formula is C12H9N3O4S. The Balaban J connectivity index is 2.33. The van der Waals surface area contributed by atoms with Crippen molar-refractivity contribution in [3.63, 3.8) is 0 Å². The van der Waals surface area contributed by atoms with Crippen molar-refractivity contribution in [3.05, 3.63) is 62.7 Å². The number of nitrogen functional groups attached to an aromatic ring is 1. The molecule has 20 heavy (non-hydrogen) atoms. The van der Waals surface area contributed by atoms with E-state index in [1.54, 1.807) is 12.1 Å². The van der Waals surface area contributed by atoms with Crippen molar-refractivity contribution in [1.29, 1.82) is 0 Å². The van der Waals surface area contributed by atoms with Gasteiger partial charge in [0.1, 0.15) is 5.69 Å². The molecule has 8 heteroatoms. The summed E-state index contributed by atoms with van der Waals surface area (Å²) in [6.45, 7) is 0. The highest BCUT2D eigenvalue weighted by Gasteiger charge is 2.18. The molecule has 0 spiro atoms. The van der Waals surface area contributed by atoms with Gasteiger partial charge in [0.15, 0.2) is 0 Å². The number of nitrogens with two attached hydrogens (primary N) is 1. The molecule has 102 valence electrons. The van der Waals surface area contributed by atoms with Gasteiger partial charge in [-0.2, -0.15) is 0 Å². The van der Waals surface area contributed by atoms with Crippen LogP contribution in [0.5, 0.6) is 0 Å². The van der Waals surface area contributed by atoms with E-state index in [1.807, 2.05) is 0 Å². The maximum Gasteiger partial charge on any atom is 0.305 e. The smallest absolute Gasteiger partial charge is 0.305 e. The summed E-state index contributed by atoms with van der Waals surface area (Å²) in [5.74, 6) is 0. The Bertz CT molecular complexity index is 673. The first-order chi connectivity index (χ1) is 9.49. The summed E-state index contributed by atoms with van der Waals surface area (Å²) >= 11 is 1.13. The zero-order valence-electron chi connectivity index (χ0n) is 10.1. The maximum absolute atomic E-state index is 11.0. The normalized spacial score (nSPS) is 10.2. The van der Waals surface area contributed by atoms with E-state index in [9.17, 15) is 20.2 Å². The minimum Gasteiger partial charge on any atom is -0.393 e. The Hall–Kier alpha value is -2.61. The van der Waals surface area contributed by atoms with Gasteiger partial charge in [-0.25, -0.2) is 0 Å². The first-order valence-corrected chi connectivity index (χ1v) is 6.26. The highest BCUT2D eigenvalue weighted by Crippen LogP contribution is 2.38. The van der Waals surface area contributed by atoms with Gasteiger partial charge in [-0.1, -0.05) is 17.8 Å². The van der Waals surface area contributed by atoms with Gasteiger partial charge in [-0.05, 0) is 24.3 Å². The van der Waals surface area contributed by atoms with Crippen LogP contribution in [0, 0.1) is 20.2 Å². The van der Waals surface area contributed by atoms with Gasteiger partial charge in [0, 0.05) is 17.0 Å². The number of rotatable bonds is 4. The predicted octanol–water partition coefficient (Wildman–Crippen LogP) is 3.24. The summed E-state index contributed by atoms with van der Waals surface area (Å²) in [5, 5.41) is 21.6. The number of nitro groups is 2. The molecule has 0 radical (unpaired) electrons. The first kappa shape index (κ1) is 13.8. The van der Waals surface area contributed by atoms with Gasteiger partial charge in [0.2, 0.25) is 0 Å². The zero-order valence-corrected chi connectivity index (χ0v) is 10.9. The molecule has 0 aliphatic rings. The lowest BCUT2D eigenvalue weighted by Gasteiger charge is -2.04. The Kier molecular flexibility index (Phi) is 3.85. The standard InChI is InChI=1S/C12H9N3O4S/c13-10-2-1-3-11(12(10)15(18)19)20-9-6-4-8(5-7-9)14(16)17/h1-7H,13H2. The number of nitrogens with zero attached hydrogens (tertiary/aromatic N) is 2. The highest BCUT2D eigenvalue weighted by molar-refractivity contribution is 7.99. The molecule has 0 bridgehead atoms. The lowest BCUT2D eigenvalue weighted by Crippen LogP contribution is -1.97. The molecule has 0 heterocycles. The first-order valence-electron chi connectivity index (χ1n) is 5.44. The molecule has 0 aliphatic heterocycles. The molecule has 0 atom stereocenters. The molecule has 0 aromatic heterocycles. The van der Waals surface area contributed by atoms with Crippen molar-refractivity contribution < 1.29 is 9.85 Å². The minimum atomic E-state index is -0.539. The molecule has 0 aliphatic carbocycles. The van der Waals surface area contributed by atoms with Crippen molar-refractivity contribution in [2.75, 3.05) is 5.73 Å². The molecule has 2 aromatic carbocycles. The summed E-state index contributed by atoms with van der Waals surface area (Å²) in [6.07, 6.45) is 0. The van der Waals surface area contributed by atoms with Crippen molar-refractivity contribution in [2.24, 2.45) is 0 Å². The van der Waals surface area contributed by atoms with E-state index >= 15 is 0 Å². The number of non-ortho nitro benzene ring substituents is 1. The SMILES string of the molecule is Nc1cccc(Sc2ccc([N+](=O)[O-])cc2)c1[N+](=O)[O-]. The number of hydrogen-bond acceptors (Lipinski definition) is 6. The van der Waals surface area contributed by atoms with E-state index in [0.717, 1.165) is 11.8 Å². The van der Waals surface area contributed by atoms with Crippen LogP contribution in [0.25, 0.3) is 0 Å². The predicted molar refractivity (Wildman–Crippen MR) is 74.7 cm³/mol. The molecule has 0 unspecified atom stereocenters. The van der Waals surface area contributed by atoms with Crippen LogP contribution in [-0.2, 0) is 0 Å². The van der Waals surface area contributed by atoms with Gasteiger partial charge in [0.05, 0.1) is 14.7 Å². The molecule has 0 saturated carbocycles. The van der Waals surface area contributed by atoms with E-state index in [0.29, 0.717) is 9.79 Å². The fourth-order valence-corrected chi connectivity index (χ4v) is 2.54. The lowest BCUT2D eigenvalue weighted by molar-refractivity contribution is -0.386. The third kappa shape index (κ3) is 2.86. The maximum atomic E-state index is 11.0. The Morgan fingerprint density at radius 3 is 2.15 bits per heavy atom. The van der Waals surface area contributed by atoms with Crippen LogP contribution < -0.4 is 5.73 Å². The van der Waals surface area contributed by atoms with Crippen molar-refractivity contribution in [2.45, 2.75) is 9.79 Å². The van der Waals surface area contributed by atoms with Crippen molar-refractivity contribution in [3.8, 4) is 0 Å². The Morgan fingerprint density at radius 1 is 0.950 bits per heavy atom. The number of anilines is 1. The number of para-hydroxylation sites is 1. The Morgan fingerprint density at radius 2 is 1.60 bits per heavy atom. The average molecular weight is 291 g/mol. The van der Waals surface area contributed by atoms with Crippen LogP contribution >= 0.6 is 11.8 Å². The van der Waals surface area contributed by atoms with Gasteiger partial charge in [-0.3, -0.25) is 20.2 Å². The third-order valence-electron chi connectivity index (χ3n) is 2.49. The second-order valence-electron chi connectivity index (χ2n) is 3.80. The fourth-order valence-electron chi connectivity index (χ4n) is 1.58. The monoisotopic (exact) mass is 291 g/mol. The molecule has 2 rings (SSSR count).